The van der Waals surface area contributed by atoms with Crippen LogP contribution in [0.2, 0.25) is 0 Å². The minimum Gasteiger partial charge on any atom is -0.448 e. The fourth-order valence-electron chi connectivity index (χ4n) is 1.29. The van der Waals surface area contributed by atoms with Gasteiger partial charge in [-0.05, 0) is 6.42 Å². The first-order valence-corrected chi connectivity index (χ1v) is 4.56. The Hall–Kier alpha value is -0.790. The van der Waals surface area contributed by atoms with Gasteiger partial charge in [0.1, 0.15) is 5.76 Å². The van der Waals surface area contributed by atoms with Crippen molar-refractivity contribution in [2.24, 2.45) is 0 Å². The van der Waals surface area contributed by atoms with Gasteiger partial charge in [-0.2, -0.15) is 0 Å². The van der Waals surface area contributed by atoms with E-state index in [0.29, 0.717) is 0 Å². The van der Waals surface area contributed by atoms with E-state index in [9.17, 15) is 0 Å². The lowest BCUT2D eigenvalue weighted by Crippen LogP contribution is -2.15. The highest BCUT2D eigenvalue weighted by atomic mass is 16.3. The number of hydrogen-bond donors (Lipinski definition) is 0. The molecule has 0 aliphatic carbocycles. The maximum atomic E-state index is 5.28. The Kier molecular flexibility index (Phi) is 2.90. The van der Waals surface area contributed by atoms with Crippen LogP contribution in [0.25, 0.3) is 0 Å². The monoisotopic (exact) mass is 167 g/mol. The van der Waals surface area contributed by atoms with Gasteiger partial charge in [0.25, 0.3) is 0 Å². The molecule has 0 unspecified atom stereocenters. The van der Waals surface area contributed by atoms with Crippen LogP contribution in [0, 0.1) is 0 Å². The zero-order chi connectivity index (χ0) is 9.03. The number of aromatic nitrogens is 1. The van der Waals surface area contributed by atoms with Crippen LogP contribution in [0.3, 0.4) is 0 Å². The molecule has 2 nitrogen and oxygen atoms in total. The summed E-state index contributed by atoms with van der Waals surface area (Å²) in [6.45, 7) is 6.60. The molecule has 68 valence electrons. The van der Waals surface area contributed by atoms with Gasteiger partial charge in [0.2, 0.25) is 0 Å². The number of rotatable bonds is 4. The minimum atomic E-state index is 0.145. The third-order valence-electron chi connectivity index (χ3n) is 2.25. The van der Waals surface area contributed by atoms with Crippen LogP contribution < -0.4 is 0 Å². The summed E-state index contributed by atoms with van der Waals surface area (Å²) in [6.07, 6.45) is 6.96. The van der Waals surface area contributed by atoms with Gasteiger partial charge in [0.05, 0.1) is 6.20 Å². The van der Waals surface area contributed by atoms with Crippen molar-refractivity contribution in [3.05, 3.63) is 18.4 Å². The molecule has 0 radical (unpaired) electrons. The molecule has 0 saturated carbocycles. The normalized spacial score (nSPS) is 11.9. The minimum absolute atomic E-state index is 0.145. The molecule has 1 aromatic heterocycles. The molecule has 1 rings (SSSR count). The van der Waals surface area contributed by atoms with E-state index in [1.54, 1.807) is 0 Å². The Morgan fingerprint density at radius 3 is 2.75 bits per heavy atom. The van der Waals surface area contributed by atoms with E-state index in [4.69, 9.17) is 4.42 Å². The molecule has 0 aromatic carbocycles. The quantitative estimate of drug-likeness (QED) is 0.688. The SMILES string of the molecule is CCCCC(C)(C)c1cnco1. The van der Waals surface area contributed by atoms with E-state index in [1.807, 2.05) is 6.20 Å². The van der Waals surface area contributed by atoms with Crippen LogP contribution in [0.5, 0.6) is 0 Å². The zero-order valence-electron chi connectivity index (χ0n) is 8.13. The molecular formula is C10H17NO. The highest BCUT2D eigenvalue weighted by Gasteiger charge is 2.22. The largest absolute Gasteiger partial charge is 0.448 e. The maximum absolute atomic E-state index is 5.28. The van der Waals surface area contributed by atoms with Crippen molar-refractivity contribution in [1.29, 1.82) is 0 Å². The Balaban J connectivity index is 2.59. The van der Waals surface area contributed by atoms with Gasteiger partial charge >= 0.3 is 0 Å². The third kappa shape index (κ3) is 2.10. The van der Waals surface area contributed by atoms with Crippen LogP contribution in [-0.2, 0) is 5.41 Å². The molecule has 0 N–H and O–H groups in total. The second kappa shape index (κ2) is 3.74. The second-order valence-corrected chi connectivity index (χ2v) is 3.85. The third-order valence-corrected chi connectivity index (χ3v) is 2.25. The lowest BCUT2D eigenvalue weighted by molar-refractivity contribution is 0.355. The summed E-state index contributed by atoms with van der Waals surface area (Å²) >= 11 is 0. The summed E-state index contributed by atoms with van der Waals surface area (Å²) in [7, 11) is 0. The van der Waals surface area contributed by atoms with E-state index in [-0.39, 0.29) is 5.41 Å². The smallest absolute Gasteiger partial charge is 0.180 e. The van der Waals surface area contributed by atoms with Crippen LogP contribution in [0.1, 0.15) is 45.8 Å². The lowest BCUT2D eigenvalue weighted by Gasteiger charge is -2.20. The molecule has 1 aromatic rings. The van der Waals surface area contributed by atoms with Gasteiger partial charge in [-0.3, -0.25) is 0 Å². The molecule has 0 fully saturated rings. The average molecular weight is 167 g/mol. The lowest BCUT2D eigenvalue weighted by atomic mass is 9.85. The summed E-state index contributed by atoms with van der Waals surface area (Å²) in [6, 6.07) is 0. The molecular weight excluding hydrogens is 150 g/mol. The van der Waals surface area contributed by atoms with Crippen molar-refractivity contribution in [3.8, 4) is 0 Å². The van der Waals surface area contributed by atoms with Crippen molar-refractivity contribution in [1.82, 2.24) is 4.98 Å². The Bertz CT molecular complexity index is 214. The highest BCUT2D eigenvalue weighted by Crippen LogP contribution is 2.28. The molecule has 0 saturated heterocycles. The van der Waals surface area contributed by atoms with Crippen molar-refractivity contribution in [2.75, 3.05) is 0 Å². The van der Waals surface area contributed by atoms with E-state index in [0.717, 1.165) is 5.76 Å². The fraction of sp³-hybridized carbons (Fsp3) is 0.700. The van der Waals surface area contributed by atoms with Gasteiger partial charge in [-0.25, -0.2) is 4.98 Å². The van der Waals surface area contributed by atoms with Gasteiger partial charge in [0.15, 0.2) is 6.39 Å². The van der Waals surface area contributed by atoms with Crippen LogP contribution in [0.4, 0.5) is 0 Å². The molecule has 0 aliphatic rings. The second-order valence-electron chi connectivity index (χ2n) is 3.85. The predicted molar refractivity (Wildman–Crippen MR) is 49.1 cm³/mol. The Morgan fingerprint density at radius 1 is 1.50 bits per heavy atom. The number of oxazole rings is 1. The number of nitrogens with zero attached hydrogens (tertiary/aromatic N) is 1. The van der Waals surface area contributed by atoms with Gasteiger partial charge in [0, 0.05) is 5.41 Å². The van der Waals surface area contributed by atoms with E-state index >= 15 is 0 Å². The summed E-state index contributed by atoms with van der Waals surface area (Å²) in [5.74, 6) is 0.996. The van der Waals surface area contributed by atoms with Crippen molar-refractivity contribution < 1.29 is 4.42 Å². The van der Waals surface area contributed by atoms with E-state index in [2.05, 4.69) is 25.8 Å². The Morgan fingerprint density at radius 2 is 2.25 bits per heavy atom. The van der Waals surface area contributed by atoms with Crippen molar-refractivity contribution in [2.45, 2.75) is 45.4 Å². The average Bonchev–Trinajstić information content (AvgIpc) is 2.53. The Labute approximate surface area is 74.0 Å². The van der Waals surface area contributed by atoms with Crippen LogP contribution >= 0.6 is 0 Å². The first-order chi connectivity index (χ1) is 5.67. The van der Waals surface area contributed by atoms with Crippen molar-refractivity contribution in [3.63, 3.8) is 0 Å². The summed E-state index contributed by atoms with van der Waals surface area (Å²) in [5, 5.41) is 0. The van der Waals surface area contributed by atoms with E-state index < -0.39 is 0 Å². The summed E-state index contributed by atoms with van der Waals surface area (Å²) in [4.78, 5) is 3.93. The standard InChI is InChI=1S/C10H17NO/c1-4-5-6-10(2,3)9-7-11-8-12-9/h7-8H,4-6H2,1-3H3. The fourth-order valence-corrected chi connectivity index (χ4v) is 1.29. The van der Waals surface area contributed by atoms with Crippen molar-refractivity contribution >= 4 is 0 Å². The summed E-state index contributed by atoms with van der Waals surface area (Å²) in [5.41, 5.74) is 0.145. The number of unbranched alkanes of at least 4 members (excludes halogenated alkanes) is 1. The molecule has 1 heterocycles. The molecule has 2 heteroatoms. The molecule has 12 heavy (non-hydrogen) atoms. The van der Waals surface area contributed by atoms with Gasteiger partial charge in [-0.15, -0.1) is 0 Å². The zero-order valence-corrected chi connectivity index (χ0v) is 8.13. The molecule has 0 bridgehead atoms. The van der Waals surface area contributed by atoms with Gasteiger partial charge < -0.3 is 4.42 Å². The first-order valence-electron chi connectivity index (χ1n) is 4.56. The topological polar surface area (TPSA) is 26.0 Å². The van der Waals surface area contributed by atoms with E-state index in [1.165, 1.54) is 25.7 Å². The molecule has 0 atom stereocenters. The molecule has 0 aliphatic heterocycles. The van der Waals surface area contributed by atoms with Crippen LogP contribution in [-0.4, -0.2) is 4.98 Å². The molecule has 0 spiro atoms. The van der Waals surface area contributed by atoms with Crippen LogP contribution in [0.15, 0.2) is 17.0 Å². The number of hydrogen-bond acceptors (Lipinski definition) is 2. The van der Waals surface area contributed by atoms with Gasteiger partial charge in [-0.1, -0.05) is 33.6 Å². The summed E-state index contributed by atoms with van der Waals surface area (Å²) < 4.78 is 5.28. The first kappa shape index (κ1) is 9.30. The predicted octanol–water partition coefficient (Wildman–Crippen LogP) is 3.14. The maximum Gasteiger partial charge on any atom is 0.180 e. The highest BCUT2D eigenvalue weighted by molar-refractivity contribution is 5.05. The molecule has 0 amide bonds.